The van der Waals surface area contributed by atoms with Crippen molar-refractivity contribution in [1.82, 2.24) is 14.7 Å². The topological polar surface area (TPSA) is 84.7 Å². The van der Waals surface area contributed by atoms with Crippen LogP contribution in [0.2, 0.25) is 0 Å². The van der Waals surface area contributed by atoms with Crippen LogP contribution >= 0.6 is 0 Å². The molecule has 0 aliphatic carbocycles. The lowest BCUT2D eigenvalue weighted by Gasteiger charge is -2.19. The van der Waals surface area contributed by atoms with Gasteiger partial charge in [-0.05, 0) is 24.3 Å². The van der Waals surface area contributed by atoms with Crippen LogP contribution in [0.4, 0.5) is 13.2 Å². The Bertz CT molecular complexity index is 789. The van der Waals surface area contributed by atoms with E-state index >= 15 is 0 Å². The average Bonchev–Trinajstić information content (AvgIpc) is 3.07. The number of aliphatic carboxylic acids is 1. The van der Waals surface area contributed by atoms with Gasteiger partial charge in [0, 0.05) is 19.9 Å². The van der Waals surface area contributed by atoms with Crippen molar-refractivity contribution in [2.24, 2.45) is 0 Å². The molecular weight excluding hydrogens is 355 g/mol. The van der Waals surface area contributed by atoms with Crippen molar-refractivity contribution in [3.63, 3.8) is 0 Å². The number of carboxylic acid groups (broad SMARTS) is 1. The van der Waals surface area contributed by atoms with Gasteiger partial charge in [-0.25, -0.2) is 4.68 Å². The number of alkyl halides is 3. The first kappa shape index (κ1) is 19.4. The first-order chi connectivity index (χ1) is 12.2. The number of carbonyl (C=O) groups is 2. The van der Waals surface area contributed by atoms with E-state index in [1.807, 2.05) is 0 Å². The zero-order valence-corrected chi connectivity index (χ0v) is 13.7. The van der Waals surface area contributed by atoms with Crippen LogP contribution in [0, 0.1) is 0 Å². The van der Waals surface area contributed by atoms with E-state index in [0.717, 1.165) is 21.7 Å². The Hall–Kier alpha value is -2.88. The Kier molecular flexibility index (Phi) is 5.98. The van der Waals surface area contributed by atoms with Crippen LogP contribution in [0.25, 0.3) is 5.69 Å². The number of methoxy groups -OCH3 is 1. The van der Waals surface area contributed by atoms with Crippen LogP contribution in [-0.4, -0.2) is 58.5 Å². The van der Waals surface area contributed by atoms with Gasteiger partial charge in [0.2, 0.25) is 0 Å². The van der Waals surface area contributed by atoms with Crippen molar-refractivity contribution >= 4 is 11.9 Å². The molecule has 0 radical (unpaired) electrons. The van der Waals surface area contributed by atoms with E-state index < -0.39 is 30.2 Å². The number of benzene rings is 1. The summed E-state index contributed by atoms with van der Waals surface area (Å²) in [5.74, 6) is -1.86. The maximum atomic E-state index is 12.8. The highest BCUT2D eigenvalue weighted by atomic mass is 19.4. The van der Waals surface area contributed by atoms with E-state index in [0.29, 0.717) is 0 Å². The summed E-state index contributed by atoms with van der Waals surface area (Å²) < 4.78 is 44.4. The summed E-state index contributed by atoms with van der Waals surface area (Å²) in [6, 6.07) is 5.79. The van der Waals surface area contributed by atoms with E-state index in [9.17, 15) is 22.8 Å². The smallest absolute Gasteiger partial charge is 0.416 e. The number of ether oxygens (including phenoxy) is 1. The SMILES string of the molecule is COCCN(CC(=O)O)C(=O)c1ccn(-c2cccc(C(F)(F)F)c2)n1. The Morgan fingerprint density at radius 3 is 2.65 bits per heavy atom. The molecule has 140 valence electrons. The highest BCUT2D eigenvalue weighted by Crippen LogP contribution is 2.30. The third kappa shape index (κ3) is 4.82. The van der Waals surface area contributed by atoms with Gasteiger partial charge < -0.3 is 14.7 Å². The van der Waals surface area contributed by atoms with E-state index in [2.05, 4.69) is 5.10 Å². The molecular formula is C16H16F3N3O4. The van der Waals surface area contributed by atoms with Crippen molar-refractivity contribution in [3.05, 3.63) is 47.8 Å². The molecule has 1 N–H and O–H groups in total. The Morgan fingerprint density at radius 1 is 1.31 bits per heavy atom. The van der Waals surface area contributed by atoms with Crippen LogP contribution in [0.15, 0.2) is 36.5 Å². The number of carboxylic acids is 1. The number of carbonyl (C=O) groups excluding carboxylic acids is 1. The summed E-state index contributed by atoms with van der Waals surface area (Å²) in [4.78, 5) is 24.3. The number of hydrogen-bond donors (Lipinski definition) is 1. The lowest BCUT2D eigenvalue weighted by molar-refractivity contribution is -0.138. The number of amides is 1. The van der Waals surface area contributed by atoms with E-state index in [1.54, 1.807) is 0 Å². The Labute approximate surface area is 146 Å². The van der Waals surface area contributed by atoms with Gasteiger partial charge in [0.15, 0.2) is 5.69 Å². The molecule has 0 atom stereocenters. The molecule has 2 rings (SSSR count). The minimum absolute atomic E-state index is 0.0397. The minimum atomic E-state index is -4.50. The predicted molar refractivity (Wildman–Crippen MR) is 84.0 cm³/mol. The maximum absolute atomic E-state index is 12.8. The van der Waals surface area contributed by atoms with Crippen LogP contribution in [0.5, 0.6) is 0 Å². The van der Waals surface area contributed by atoms with Crippen LogP contribution in [-0.2, 0) is 15.7 Å². The fraction of sp³-hybridized carbons (Fsp3) is 0.312. The van der Waals surface area contributed by atoms with Crippen LogP contribution < -0.4 is 0 Å². The third-order valence-electron chi connectivity index (χ3n) is 3.42. The summed E-state index contributed by atoms with van der Waals surface area (Å²) in [7, 11) is 1.41. The molecule has 0 aliphatic heterocycles. The molecule has 10 heteroatoms. The average molecular weight is 371 g/mol. The van der Waals surface area contributed by atoms with Crippen molar-refractivity contribution in [3.8, 4) is 5.69 Å². The minimum Gasteiger partial charge on any atom is -0.480 e. The number of nitrogens with zero attached hydrogens (tertiary/aromatic N) is 3. The second kappa shape index (κ2) is 8.00. The summed E-state index contributed by atoms with van der Waals surface area (Å²) in [5, 5.41) is 12.9. The molecule has 1 heterocycles. The molecule has 1 amide bonds. The maximum Gasteiger partial charge on any atom is 0.416 e. The highest BCUT2D eigenvalue weighted by molar-refractivity contribution is 5.94. The molecule has 0 fully saturated rings. The first-order valence-corrected chi connectivity index (χ1v) is 7.45. The Morgan fingerprint density at radius 2 is 2.04 bits per heavy atom. The monoisotopic (exact) mass is 371 g/mol. The summed E-state index contributed by atoms with van der Waals surface area (Å²) in [6.45, 7) is -0.371. The quantitative estimate of drug-likeness (QED) is 0.805. The predicted octanol–water partition coefficient (Wildman–Crippen LogP) is 2.06. The summed E-state index contributed by atoms with van der Waals surface area (Å²) in [5.41, 5.74) is -0.800. The molecule has 1 aromatic heterocycles. The largest absolute Gasteiger partial charge is 0.480 e. The molecule has 0 saturated heterocycles. The molecule has 7 nitrogen and oxygen atoms in total. The molecule has 0 bridgehead atoms. The van der Waals surface area contributed by atoms with Crippen molar-refractivity contribution in [2.75, 3.05) is 26.8 Å². The third-order valence-corrected chi connectivity index (χ3v) is 3.42. The van der Waals surface area contributed by atoms with Gasteiger partial charge in [-0.15, -0.1) is 0 Å². The lowest BCUT2D eigenvalue weighted by atomic mass is 10.2. The van der Waals surface area contributed by atoms with Gasteiger partial charge in [-0.1, -0.05) is 6.07 Å². The molecule has 0 aliphatic rings. The van der Waals surface area contributed by atoms with Gasteiger partial charge in [0.25, 0.3) is 5.91 Å². The first-order valence-electron chi connectivity index (χ1n) is 7.45. The van der Waals surface area contributed by atoms with Crippen molar-refractivity contribution < 1.29 is 32.6 Å². The Balaban J connectivity index is 2.25. The van der Waals surface area contributed by atoms with Crippen molar-refractivity contribution in [2.45, 2.75) is 6.18 Å². The summed E-state index contributed by atoms with van der Waals surface area (Å²) in [6.07, 6.45) is -3.17. The van der Waals surface area contributed by atoms with E-state index in [4.69, 9.17) is 9.84 Å². The number of halogens is 3. The van der Waals surface area contributed by atoms with Crippen molar-refractivity contribution in [1.29, 1.82) is 0 Å². The molecule has 2 aromatic rings. The number of aromatic nitrogens is 2. The van der Waals surface area contributed by atoms with Gasteiger partial charge in [-0.3, -0.25) is 9.59 Å². The van der Waals surface area contributed by atoms with E-state index in [1.165, 1.54) is 31.5 Å². The van der Waals surface area contributed by atoms with Gasteiger partial charge in [0.05, 0.1) is 17.9 Å². The normalized spacial score (nSPS) is 11.4. The second-order valence-electron chi connectivity index (χ2n) is 5.31. The highest BCUT2D eigenvalue weighted by Gasteiger charge is 2.30. The van der Waals surface area contributed by atoms with E-state index in [-0.39, 0.29) is 24.5 Å². The van der Waals surface area contributed by atoms with Gasteiger partial charge in [0.1, 0.15) is 6.54 Å². The molecule has 0 unspecified atom stereocenters. The van der Waals surface area contributed by atoms with Crippen LogP contribution in [0.3, 0.4) is 0 Å². The van der Waals surface area contributed by atoms with Gasteiger partial charge in [-0.2, -0.15) is 18.3 Å². The van der Waals surface area contributed by atoms with Gasteiger partial charge >= 0.3 is 12.1 Å². The summed E-state index contributed by atoms with van der Waals surface area (Å²) >= 11 is 0. The number of hydrogen-bond acceptors (Lipinski definition) is 4. The zero-order valence-electron chi connectivity index (χ0n) is 13.7. The lowest BCUT2D eigenvalue weighted by Crippen LogP contribution is -2.38. The fourth-order valence-corrected chi connectivity index (χ4v) is 2.19. The second-order valence-corrected chi connectivity index (χ2v) is 5.31. The zero-order chi connectivity index (χ0) is 19.3. The molecule has 0 saturated carbocycles. The molecule has 1 aromatic carbocycles. The fourth-order valence-electron chi connectivity index (χ4n) is 2.19. The molecule has 26 heavy (non-hydrogen) atoms. The number of rotatable bonds is 7. The standard InChI is InChI=1S/C16H16F3N3O4/c1-26-8-7-21(10-14(23)24)15(25)13-5-6-22(20-13)12-4-2-3-11(9-12)16(17,18)19/h2-6,9H,7-8,10H2,1H3,(H,23,24). The van der Waals surface area contributed by atoms with Crippen LogP contribution in [0.1, 0.15) is 16.1 Å². The molecule has 0 spiro atoms.